The van der Waals surface area contributed by atoms with Crippen LogP contribution in [0.15, 0.2) is 29.3 Å². The lowest BCUT2D eigenvalue weighted by molar-refractivity contribution is 0.601. The van der Waals surface area contributed by atoms with Crippen LogP contribution in [0.1, 0.15) is 51.3 Å². The molecule has 0 saturated carbocycles. The van der Waals surface area contributed by atoms with Gasteiger partial charge in [0.2, 0.25) is 0 Å². The number of hydrogen-bond donors (Lipinski definition) is 2. The number of aromatic nitrogens is 2. The highest BCUT2D eigenvalue weighted by atomic mass is 127. The highest BCUT2D eigenvalue weighted by molar-refractivity contribution is 14.0. The topological polar surface area (TPSA) is 68.2 Å². The molecule has 1 heterocycles. The summed E-state index contributed by atoms with van der Waals surface area (Å²) in [5.74, 6) is 1.43. The van der Waals surface area contributed by atoms with E-state index in [1.54, 1.807) is 0 Å². The Hall–Kier alpha value is -1.31. The minimum atomic E-state index is 0. The third-order valence-corrected chi connectivity index (χ3v) is 4.11. The van der Waals surface area contributed by atoms with Gasteiger partial charge in [0.25, 0.3) is 0 Å². The molecule has 6 heteroatoms. The predicted molar refractivity (Wildman–Crippen MR) is 113 cm³/mol. The molecule has 0 aliphatic carbocycles. The largest absolute Gasteiger partial charge is 0.370 e. The molecule has 0 aliphatic heterocycles. The van der Waals surface area contributed by atoms with Crippen LogP contribution in [0.4, 0.5) is 0 Å². The standard InChI is InChI=1S/C18H29N5.HI/c1-3-4-5-6-7-10-13-20-18(19)21-14-17-22-15-11-8-9-12-16(15)23(17)2;/h8-9,11-12H,3-7,10,13-14H2,1-2H3,(H3,19,20,21);1H. The van der Waals surface area contributed by atoms with E-state index in [-0.39, 0.29) is 24.0 Å². The Labute approximate surface area is 162 Å². The van der Waals surface area contributed by atoms with Crippen LogP contribution >= 0.6 is 24.0 Å². The van der Waals surface area contributed by atoms with Crippen molar-refractivity contribution in [1.82, 2.24) is 14.9 Å². The van der Waals surface area contributed by atoms with Crippen molar-refractivity contribution in [1.29, 1.82) is 0 Å². The SMILES string of the molecule is CCCCCCCCNC(N)=NCc1nc2ccccc2n1C.I. The number of benzene rings is 1. The fourth-order valence-electron chi connectivity index (χ4n) is 2.67. The molecule has 0 radical (unpaired) electrons. The van der Waals surface area contributed by atoms with Crippen molar-refractivity contribution in [3.63, 3.8) is 0 Å². The van der Waals surface area contributed by atoms with Gasteiger partial charge in [-0.05, 0) is 18.6 Å². The monoisotopic (exact) mass is 443 g/mol. The van der Waals surface area contributed by atoms with Crippen LogP contribution in [-0.2, 0) is 13.6 Å². The van der Waals surface area contributed by atoms with Crippen molar-refractivity contribution >= 4 is 41.0 Å². The molecule has 0 unspecified atom stereocenters. The summed E-state index contributed by atoms with van der Waals surface area (Å²) >= 11 is 0. The predicted octanol–water partition coefficient (Wildman–Crippen LogP) is 3.96. The number of guanidine groups is 1. The second kappa shape index (κ2) is 11.3. The van der Waals surface area contributed by atoms with Gasteiger partial charge < -0.3 is 15.6 Å². The fourth-order valence-corrected chi connectivity index (χ4v) is 2.67. The van der Waals surface area contributed by atoms with Crippen LogP contribution in [0.2, 0.25) is 0 Å². The van der Waals surface area contributed by atoms with Gasteiger partial charge in [0.1, 0.15) is 12.4 Å². The number of imidazole rings is 1. The molecule has 5 nitrogen and oxygen atoms in total. The Morgan fingerprint density at radius 2 is 1.88 bits per heavy atom. The van der Waals surface area contributed by atoms with E-state index in [9.17, 15) is 0 Å². The Morgan fingerprint density at radius 1 is 1.17 bits per heavy atom. The number of nitrogens with two attached hydrogens (primary N) is 1. The maximum Gasteiger partial charge on any atom is 0.189 e. The van der Waals surface area contributed by atoms with Crippen LogP contribution in [0.5, 0.6) is 0 Å². The molecule has 1 aromatic carbocycles. The molecule has 3 N–H and O–H groups in total. The van der Waals surface area contributed by atoms with Crippen LogP contribution in [0.25, 0.3) is 11.0 Å². The van der Waals surface area contributed by atoms with E-state index >= 15 is 0 Å². The summed E-state index contributed by atoms with van der Waals surface area (Å²) in [6.07, 6.45) is 7.69. The Morgan fingerprint density at radius 3 is 2.62 bits per heavy atom. The molecule has 0 fully saturated rings. The quantitative estimate of drug-likeness (QED) is 0.267. The summed E-state index contributed by atoms with van der Waals surface area (Å²) in [6, 6.07) is 8.10. The fraction of sp³-hybridized carbons (Fsp3) is 0.556. The number of fused-ring (bicyclic) bond motifs is 1. The lowest BCUT2D eigenvalue weighted by Gasteiger charge is -2.05. The van der Waals surface area contributed by atoms with Gasteiger partial charge in [0.05, 0.1) is 11.0 Å². The first-order chi connectivity index (χ1) is 11.2. The first kappa shape index (κ1) is 20.7. The third kappa shape index (κ3) is 6.30. The minimum absolute atomic E-state index is 0. The van der Waals surface area contributed by atoms with Crippen molar-refractivity contribution in [2.75, 3.05) is 6.54 Å². The van der Waals surface area contributed by atoms with Crippen LogP contribution < -0.4 is 11.1 Å². The highest BCUT2D eigenvalue weighted by Gasteiger charge is 2.06. The molecule has 134 valence electrons. The van der Waals surface area contributed by atoms with Crippen molar-refractivity contribution in [3.05, 3.63) is 30.1 Å². The van der Waals surface area contributed by atoms with E-state index in [1.807, 2.05) is 25.2 Å². The third-order valence-electron chi connectivity index (χ3n) is 4.11. The molecule has 0 amide bonds. The number of rotatable bonds is 9. The Bertz CT molecular complexity index is 635. The molecule has 0 aliphatic rings. The van der Waals surface area contributed by atoms with E-state index in [4.69, 9.17) is 5.73 Å². The smallest absolute Gasteiger partial charge is 0.189 e. The van der Waals surface area contributed by atoms with Gasteiger partial charge in [-0.1, -0.05) is 51.2 Å². The second-order valence-corrected chi connectivity index (χ2v) is 5.97. The van der Waals surface area contributed by atoms with Gasteiger partial charge in [-0.3, -0.25) is 0 Å². The molecule has 0 saturated heterocycles. The molecule has 1 aromatic heterocycles. The van der Waals surface area contributed by atoms with E-state index in [1.165, 1.54) is 32.1 Å². The number of aliphatic imine (C=N–C) groups is 1. The van der Waals surface area contributed by atoms with Gasteiger partial charge in [0.15, 0.2) is 5.96 Å². The molecular weight excluding hydrogens is 413 g/mol. The summed E-state index contributed by atoms with van der Waals surface area (Å²) in [7, 11) is 2.01. The van der Waals surface area contributed by atoms with E-state index in [2.05, 4.69) is 32.9 Å². The number of unbranched alkanes of at least 4 members (excludes halogenated alkanes) is 5. The number of hydrogen-bond acceptors (Lipinski definition) is 2. The number of nitrogens with one attached hydrogen (secondary N) is 1. The molecule has 0 atom stereocenters. The minimum Gasteiger partial charge on any atom is -0.370 e. The molecule has 2 aromatic rings. The second-order valence-electron chi connectivity index (χ2n) is 5.97. The average molecular weight is 443 g/mol. The van der Waals surface area contributed by atoms with Crippen LogP contribution in [0, 0.1) is 0 Å². The van der Waals surface area contributed by atoms with Gasteiger partial charge in [-0.25, -0.2) is 9.98 Å². The lowest BCUT2D eigenvalue weighted by atomic mass is 10.1. The summed E-state index contributed by atoms with van der Waals surface area (Å²) in [5.41, 5.74) is 8.05. The average Bonchev–Trinajstić information content (AvgIpc) is 2.89. The molecule has 0 bridgehead atoms. The summed E-state index contributed by atoms with van der Waals surface area (Å²) in [5, 5.41) is 3.19. The molecule has 2 rings (SSSR count). The molecule has 24 heavy (non-hydrogen) atoms. The van der Waals surface area contributed by atoms with Crippen molar-refractivity contribution < 1.29 is 0 Å². The van der Waals surface area contributed by atoms with E-state index in [0.717, 1.165) is 29.8 Å². The maximum atomic E-state index is 5.93. The van der Waals surface area contributed by atoms with Gasteiger partial charge in [-0.2, -0.15) is 0 Å². The van der Waals surface area contributed by atoms with Gasteiger partial charge >= 0.3 is 0 Å². The summed E-state index contributed by atoms with van der Waals surface area (Å²) < 4.78 is 2.07. The zero-order valence-corrected chi connectivity index (χ0v) is 17.1. The number of para-hydroxylation sites is 2. The van der Waals surface area contributed by atoms with Crippen LogP contribution in [0.3, 0.4) is 0 Å². The summed E-state index contributed by atoms with van der Waals surface area (Å²) in [6.45, 7) is 3.63. The van der Waals surface area contributed by atoms with Crippen molar-refractivity contribution in [2.45, 2.75) is 52.0 Å². The first-order valence-electron chi connectivity index (χ1n) is 8.66. The van der Waals surface area contributed by atoms with E-state index < -0.39 is 0 Å². The zero-order chi connectivity index (χ0) is 16.5. The summed E-state index contributed by atoms with van der Waals surface area (Å²) in [4.78, 5) is 8.99. The number of nitrogens with zero attached hydrogens (tertiary/aromatic N) is 3. The van der Waals surface area contributed by atoms with Gasteiger partial charge in [0, 0.05) is 13.6 Å². The Kier molecular flexibility index (Phi) is 9.75. The first-order valence-corrected chi connectivity index (χ1v) is 8.66. The number of halogens is 1. The maximum absolute atomic E-state index is 5.93. The zero-order valence-electron chi connectivity index (χ0n) is 14.8. The van der Waals surface area contributed by atoms with E-state index in [0.29, 0.717) is 12.5 Å². The van der Waals surface area contributed by atoms with Crippen LogP contribution in [-0.4, -0.2) is 22.1 Å². The lowest BCUT2D eigenvalue weighted by Crippen LogP contribution is -2.32. The Balaban J connectivity index is 0.00000288. The molecule has 0 spiro atoms. The van der Waals surface area contributed by atoms with Crippen molar-refractivity contribution in [3.8, 4) is 0 Å². The highest BCUT2D eigenvalue weighted by Crippen LogP contribution is 2.14. The van der Waals surface area contributed by atoms with Crippen molar-refractivity contribution in [2.24, 2.45) is 17.8 Å². The van der Waals surface area contributed by atoms with Gasteiger partial charge in [-0.15, -0.1) is 24.0 Å². The number of aryl methyl sites for hydroxylation is 1. The normalized spacial score (nSPS) is 11.5. The molecular formula is C18H30IN5.